The fourth-order valence-corrected chi connectivity index (χ4v) is 2.85. The Labute approximate surface area is 126 Å². The maximum absolute atomic E-state index is 6.18. The van der Waals surface area contributed by atoms with Crippen LogP contribution in [0.15, 0.2) is 48.5 Å². The Bertz CT molecular complexity index is 597. The number of nitrogens with two attached hydrogens (primary N) is 1. The summed E-state index contributed by atoms with van der Waals surface area (Å²) in [5, 5.41) is 0. The third-order valence-corrected chi connectivity index (χ3v) is 4.03. The largest absolute Gasteiger partial charge is 0.367 e. The van der Waals surface area contributed by atoms with Crippen molar-refractivity contribution in [3.05, 3.63) is 70.8 Å². The van der Waals surface area contributed by atoms with Crippen molar-refractivity contribution in [2.45, 2.75) is 19.2 Å². The minimum absolute atomic E-state index is 0.00130. The van der Waals surface area contributed by atoms with Gasteiger partial charge in [0.15, 0.2) is 0 Å². The van der Waals surface area contributed by atoms with E-state index in [1.807, 2.05) is 6.07 Å². The molecule has 0 radical (unpaired) electrons. The van der Waals surface area contributed by atoms with E-state index < -0.39 is 0 Å². The molecular weight excluding hydrogens is 260 g/mol. The number of rotatable bonds is 2. The lowest BCUT2D eigenvalue weighted by atomic mass is 9.94. The first-order valence-electron chi connectivity index (χ1n) is 7.45. The summed E-state index contributed by atoms with van der Waals surface area (Å²) in [6.07, 6.45) is 0.00130. The first-order valence-corrected chi connectivity index (χ1v) is 7.45. The molecule has 0 saturated carbocycles. The highest BCUT2D eigenvalue weighted by Crippen LogP contribution is 2.31. The summed E-state index contributed by atoms with van der Waals surface area (Å²) in [6, 6.07) is 17.0. The Morgan fingerprint density at radius 3 is 2.76 bits per heavy atom. The third kappa shape index (κ3) is 3.16. The first kappa shape index (κ1) is 14.3. The molecule has 1 unspecified atom stereocenters. The number of fused-ring (bicyclic) bond motifs is 1. The van der Waals surface area contributed by atoms with Crippen molar-refractivity contribution in [2.24, 2.45) is 5.73 Å². The summed E-state index contributed by atoms with van der Waals surface area (Å²) < 4.78 is 6.18. The molecule has 3 rings (SSSR count). The summed E-state index contributed by atoms with van der Waals surface area (Å²) in [5.41, 5.74) is 10.7. The fourth-order valence-electron chi connectivity index (χ4n) is 2.85. The van der Waals surface area contributed by atoms with Crippen LogP contribution in [0.5, 0.6) is 0 Å². The third-order valence-electron chi connectivity index (χ3n) is 4.03. The average Bonchev–Trinajstić information content (AvgIpc) is 2.51. The molecule has 0 aliphatic carbocycles. The summed E-state index contributed by atoms with van der Waals surface area (Å²) in [6.45, 7) is 3.20. The van der Waals surface area contributed by atoms with Gasteiger partial charge in [-0.25, -0.2) is 0 Å². The molecule has 3 nitrogen and oxygen atoms in total. The highest BCUT2D eigenvalue weighted by Gasteiger charge is 2.21. The van der Waals surface area contributed by atoms with Crippen molar-refractivity contribution in [1.82, 2.24) is 4.90 Å². The van der Waals surface area contributed by atoms with Crippen LogP contribution in [0.25, 0.3) is 0 Å². The predicted octanol–water partition coefficient (Wildman–Crippen LogP) is 2.70. The quantitative estimate of drug-likeness (QED) is 0.920. The van der Waals surface area contributed by atoms with Crippen LogP contribution in [0.3, 0.4) is 0 Å². The van der Waals surface area contributed by atoms with Crippen LogP contribution in [0.4, 0.5) is 0 Å². The van der Waals surface area contributed by atoms with Crippen molar-refractivity contribution >= 4 is 0 Å². The zero-order valence-electron chi connectivity index (χ0n) is 12.5. The molecule has 0 amide bonds. The van der Waals surface area contributed by atoms with E-state index in [1.54, 1.807) is 0 Å². The fraction of sp³-hybridized carbons (Fsp3) is 0.333. The number of hydrogen-bond acceptors (Lipinski definition) is 3. The Morgan fingerprint density at radius 1 is 1.19 bits per heavy atom. The molecule has 0 spiro atoms. The normalized spacial score (nSPS) is 19.6. The topological polar surface area (TPSA) is 38.5 Å². The Hall–Kier alpha value is -1.68. The molecule has 2 aromatic rings. The Kier molecular flexibility index (Phi) is 4.34. The molecule has 0 fully saturated rings. The van der Waals surface area contributed by atoms with Gasteiger partial charge in [0.1, 0.15) is 6.10 Å². The monoisotopic (exact) mass is 282 g/mol. The predicted molar refractivity (Wildman–Crippen MR) is 84.9 cm³/mol. The first-order chi connectivity index (χ1) is 10.3. The van der Waals surface area contributed by atoms with Gasteiger partial charge in [0.05, 0.1) is 6.61 Å². The van der Waals surface area contributed by atoms with Crippen LogP contribution in [0, 0.1) is 0 Å². The van der Waals surface area contributed by atoms with Crippen molar-refractivity contribution in [1.29, 1.82) is 0 Å². The van der Waals surface area contributed by atoms with Gasteiger partial charge in [-0.2, -0.15) is 0 Å². The molecule has 110 valence electrons. The van der Waals surface area contributed by atoms with Crippen molar-refractivity contribution in [3.63, 3.8) is 0 Å². The summed E-state index contributed by atoms with van der Waals surface area (Å²) >= 11 is 0. The molecule has 1 heterocycles. The summed E-state index contributed by atoms with van der Waals surface area (Å²) in [5.74, 6) is 0. The van der Waals surface area contributed by atoms with Crippen LogP contribution in [0.1, 0.15) is 28.4 Å². The van der Waals surface area contributed by atoms with E-state index in [0.29, 0.717) is 6.54 Å². The Morgan fingerprint density at radius 2 is 2.00 bits per heavy atom. The average molecular weight is 282 g/mol. The van der Waals surface area contributed by atoms with Crippen LogP contribution >= 0.6 is 0 Å². The van der Waals surface area contributed by atoms with Crippen LogP contribution in [0.2, 0.25) is 0 Å². The second kappa shape index (κ2) is 6.39. The molecule has 1 atom stereocenters. The lowest BCUT2D eigenvalue weighted by molar-refractivity contribution is 0.0553. The van der Waals surface area contributed by atoms with E-state index in [4.69, 9.17) is 10.5 Å². The van der Waals surface area contributed by atoms with E-state index in [0.717, 1.165) is 25.3 Å². The SMILES string of the molecule is CN1CCOC(c2ccccc2)c2cc(CN)ccc2C1. The second-order valence-corrected chi connectivity index (χ2v) is 5.64. The van der Waals surface area contributed by atoms with E-state index in [9.17, 15) is 0 Å². The van der Waals surface area contributed by atoms with Gasteiger partial charge in [0.25, 0.3) is 0 Å². The summed E-state index contributed by atoms with van der Waals surface area (Å²) in [7, 11) is 2.13. The summed E-state index contributed by atoms with van der Waals surface area (Å²) in [4.78, 5) is 2.29. The van der Waals surface area contributed by atoms with E-state index in [-0.39, 0.29) is 6.10 Å². The van der Waals surface area contributed by atoms with Crippen LogP contribution < -0.4 is 5.73 Å². The highest BCUT2D eigenvalue weighted by atomic mass is 16.5. The van der Waals surface area contributed by atoms with E-state index in [2.05, 4.69) is 54.4 Å². The molecule has 0 bridgehead atoms. The van der Waals surface area contributed by atoms with Gasteiger partial charge in [0, 0.05) is 19.6 Å². The van der Waals surface area contributed by atoms with E-state index in [1.165, 1.54) is 16.7 Å². The van der Waals surface area contributed by atoms with Gasteiger partial charge >= 0.3 is 0 Å². The van der Waals surface area contributed by atoms with Crippen LogP contribution in [-0.4, -0.2) is 25.1 Å². The zero-order chi connectivity index (χ0) is 14.7. The van der Waals surface area contributed by atoms with Crippen molar-refractivity contribution in [2.75, 3.05) is 20.2 Å². The number of nitrogens with zero attached hydrogens (tertiary/aromatic N) is 1. The van der Waals surface area contributed by atoms with Gasteiger partial charge in [-0.3, -0.25) is 4.90 Å². The zero-order valence-corrected chi connectivity index (χ0v) is 12.5. The minimum atomic E-state index is 0.00130. The maximum Gasteiger partial charge on any atom is 0.108 e. The van der Waals surface area contributed by atoms with Crippen molar-refractivity contribution in [3.8, 4) is 0 Å². The molecule has 21 heavy (non-hydrogen) atoms. The van der Waals surface area contributed by atoms with Gasteiger partial charge in [-0.1, -0.05) is 48.5 Å². The lowest BCUT2D eigenvalue weighted by Gasteiger charge is -2.29. The van der Waals surface area contributed by atoms with Gasteiger partial charge in [0.2, 0.25) is 0 Å². The second-order valence-electron chi connectivity index (χ2n) is 5.64. The highest BCUT2D eigenvalue weighted by molar-refractivity contribution is 5.39. The molecule has 1 aliphatic heterocycles. The minimum Gasteiger partial charge on any atom is -0.367 e. The Balaban J connectivity index is 2.07. The molecule has 0 aromatic heterocycles. The number of benzene rings is 2. The van der Waals surface area contributed by atoms with Crippen LogP contribution in [-0.2, 0) is 17.8 Å². The molecule has 0 saturated heterocycles. The maximum atomic E-state index is 6.18. The number of ether oxygens (including phenoxy) is 1. The van der Waals surface area contributed by atoms with Gasteiger partial charge in [-0.05, 0) is 29.3 Å². The molecule has 3 heteroatoms. The standard InChI is InChI=1S/C18H22N2O/c1-20-9-10-21-18(15-5-3-2-4-6-15)17-11-14(12-19)7-8-16(17)13-20/h2-8,11,18H,9-10,12-13,19H2,1H3. The molecule has 2 aromatic carbocycles. The molecular formula is C18H22N2O. The van der Waals surface area contributed by atoms with Gasteiger partial charge in [-0.15, -0.1) is 0 Å². The van der Waals surface area contributed by atoms with E-state index >= 15 is 0 Å². The number of likely N-dealkylation sites (N-methyl/N-ethyl adjacent to an activating group) is 1. The lowest BCUT2D eigenvalue weighted by Crippen LogP contribution is -2.28. The molecule has 2 N–H and O–H groups in total. The number of hydrogen-bond donors (Lipinski definition) is 1. The van der Waals surface area contributed by atoms with Crippen molar-refractivity contribution < 1.29 is 4.74 Å². The molecule has 1 aliphatic rings. The van der Waals surface area contributed by atoms with Gasteiger partial charge < -0.3 is 10.5 Å². The smallest absolute Gasteiger partial charge is 0.108 e.